The molecule has 3 aromatic rings. The number of hydrogen-bond acceptors (Lipinski definition) is 5. The van der Waals surface area contributed by atoms with Gasteiger partial charge in [0.1, 0.15) is 0 Å². The Balaban J connectivity index is 1.90. The summed E-state index contributed by atoms with van der Waals surface area (Å²) in [6.07, 6.45) is 0. The number of nitro benzene ring substituents is 1. The van der Waals surface area contributed by atoms with Gasteiger partial charge in [0.05, 0.1) is 25.7 Å². The van der Waals surface area contributed by atoms with Crippen LogP contribution in [0.5, 0.6) is 0 Å². The molecule has 0 bridgehead atoms. The molecule has 1 amide bonds. The molecule has 0 aliphatic heterocycles. The Hall–Kier alpha value is -2.51. The molecule has 6 nitrogen and oxygen atoms in total. The van der Waals surface area contributed by atoms with Crippen molar-refractivity contribution >= 4 is 49.9 Å². The minimum absolute atomic E-state index is 0.0120. The summed E-state index contributed by atoms with van der Waals surface area (Å²) in [5.41, 5.74) is 1.81. The molecule has 0 unspecified atom stereocenters. The van der Waals surface area contributed by atoms with Crippen LogP contribution >= 0.6 is 22.9 Å². The van der Waals surface area contributed by atoms with E-state index in [-0.39, 0.29) is 21.7 Å². The molecule has 0 aliphatic rings. The number of thiazole rings is 1. The summed E-state index contributed by atoms with van der Waals surface area (Å²) in [5, 5.41) is 14.1. The van der Waals surface area contributed by atoms with Crippen molar-refractivity contribution in [3.63, 3.8) is 0 Å². The lowest BCUT2D eigenvalue weighted by Crippen LogP contribution is -2.12. The Morgan fingerprint density at radius 3 is 2.62 bits per heavy atom. The van der Waals surface area contributed by atoms with Crippen LogP contribution in [0, 0.1) is 10.1 Å². The summed E-state index contributed by atoms with van der Waals surface area (Å²) in [5.74, 6) is -0.534. The van der Waals surface area contributed by atoms with E-state index in [2.05, 4.69) is 37.1 Å². The molecule has 1 aromatic heterocycles. The van der Waals surface area contributed by atoms with Crippen molar-refractivity contribution in [2.45, 2.75) is 26.2 Å². The number of nitro groups is 1. The van der Waals surface area contributed by atoms with E-state index in [4.69, 9.17) is 11.6 Å². The molecule has 0 radical (unpaired) electrons. The van der Waals surface area contributed by atoms with Crippen LogP contribution in [0.4, 0.5) is 10.8 Å². The fourth-order valence-electron chi connectivity index (χ4n) is 2.41. The number of nitrogens with zero attached hydrogens (tertiary/aromatic N) is 2. The van der Waals surface area contributed by atoms with E-state index in [0.29, 0.717) is 5.13 Å². The maximum atomic E-state index is 12.5. The van der Waals surface area contributed by atoms with E-state index in [1.54, 1.807) is 0 Å². The quantitative estimate of drug-likeness (QED) is 0.479. The van der Waals surface area contributed by atoms with Gasteiger partial charge in [0.15, 0.2) is 5.13 Å². The van der Waals surface area contributed by atoms with E-state index >= 15 is 0 Å². The number of carbonyl (C=O) groups excluding carboxylic acids is 1. The topological polar surface area (TPSA) is 85.1 Å². The van der Waals surface area contributed by atoms with Gasteiger partial charge in [-0.2, -0.15) is 0 Å². The molecule has 8 heteroatoms. The largest absolute Gasteiger partial charge is 0.298 e. The van der Waals surface area contributed by atoms with Crippen molar-refractivity contribution in [2.24, 2.45) is 0 Å². The zero-order chi connectivity index (χ0) is 19.1. The van der Waals surface area contributed by atoms with Gasteiger partial charge in [-0.15, -0.1) is 0 Å². The molecular weight excluding hydrogens is 374 g/mol. The monoisotopic (exact) mass is 389 g/mol. The van der Waals surface area contributed by atoms with Crippen molar-refractivity contribution in [1.82, 2.24) is 4.98 Å². The number of fused-ring (bicyclic) bond motifs is 1. The third-order valence-corrected chi connectivity index (χ3v) is 5.14. The van der Waals surface area contributed by atoms with Crippen molar-refractivity contribution in [3.8, 4) is 0 Å². The van der Waals surface area contributed by atoms with E-state index in [0.717, 1.165) is 16.3 Å². The summed E-state index contributed by atoms with van der Waals surface area (Å²) in [6, 6.07) is 9.74. The van der Waals surface area contributed by atoms with Gasteiger partial charge in [-0.05, 0) is 29.2 Å². The highest BCUT2D eigenvalue weighted by Gasteiger charge is 2.18. The van der Waals surface area contributed by atoms with Gasteiger partial charge < -0.3 is 0 Å². The van der Waals surface area contributed by atoms with Gasteiger partial charge in [0.25, 0.3) is 11.6 Å². The number of benzene rings is 2. The van der Waals surface area contributed by atoms with Gasteiger partial charge in [-0.1, -0.05) is 49.8 Å². The number of carbonyl (C=O) groups is 1. The summed E-state index contributed by atoms with van der Waals surface area (Å²) in [6.45, 7) is 6.38. The highest BCUT2D eigenvalue weighted by molar-refractivity contribution is 7.22. The third kappa shape index (κ3) is 3.68. The van der Waals surface area contributed by atoms with Gasteiger partial charge >= 0.3 is 0 Å². The van der Waals surface area contributed by atoms with Crippen LogP contribution in [-0.2, 0) is 5.41 Å². The van der Waals surface area contributed by atoms with Crippen LogP contribution in [0.15, 0.2) is 36.4 Å². The maximum Gasteiger partial charge on any atom is 0.270 e. The Morgan fingerprint density at radius 2 is 1.96 bits per heavy atom. The first-order chi connectivity index (χ1) is 12.1. The fourth-order valence-corrected chi connectivity index (χ4v) is 3.51. The zero-order valence-electron chi connectivity index (χ0n) is 14.4. The van der Waals surface area contributed by atoms with Crippen LogP contribution in [0.3, 0.4) is 0 Å². The molecule has 0 spiro atoms. The van der Waals surface area contributed by atoms with Crippen LogP contribution in [0.1, 0.15) is 36.7 Å². The maximum absolute atomic E-state index is 12.5. The predicted molar refractivity (Wildman–Crippen MR) is 104 cm³/mol. The molecule has 0 fully saturated rings. The average Bonchev–Trinajstić information content (AvgIpc) is 2.95. The standard InChI is InChI=1S/C18H16ClN3O3S/c1-18(2,3)10-4-7-14-15(8-10)26-17(20-14)21-16(23)12-9-11(22(24)25)5-6-13(12)19/h4-9H,1-3H3,(H,20,21,23). The first-order valence-electron chi connectivity index (χ1n) is 7.81. The highest BCUT2D eigenvalue weighted by Crippen LogP contribution is 2.32. The Kier molecular flexibility index (Phi) is 4.68. The summed E-state index contributed by atoms with van der Waals surface area (Å²) in [4.78, 5) is 27.2. The lowest BCUT2D eigenvalue weighted by Gasteiger charge is -2.18. The number of non-ortho nitro benzene ring substituents is 1. The minimum atomic E-state index is -0.571. The molecule has 0 saturated heterocycles. The Morgan fingerprint density at radius 1 is 1.23 bits per heavy atom. The average molecular weight is 390 g/mol. The number of rotatable bonds is 3. The number of hydrogen-bond donors (Lipinski definition) is 1. The van der Waals surface area contributed by atoms with E-state index in [1.165, 1.54) is 29.0 Å². The molecule has 134 valence electrons. The molecule has 2 aromatic carbocycles. The molecule has 3 rings (SSSR count). The first kappa shape index (κ1) is 18.3. The van der Waals surface area contributed by atoms with Crippen molar-refractivity contribution in [2.75, 3.05) is 5.32 Å². The molecule has 0 aliphatic carbocycles. The van der Waals surface area contributed by atoms with Crippen LogP contribution in [0.2, 0.25) is 5.02 Å². The van der Waals surface area contributed by atoms with E-state index in [9.17, 15) is 14.9 Å². The number of amides is 1. The van der Waals surface area contributed by atoms with Gasteiger partial charge in [-0.3, -0.25) is 20.2 Å². The number of aromatic nitrogens is 1. The second-order valence-electron chi connectivity index (χ2n) is 6.83. The van der Waals surface area contributed by atoms with Crippen LogP contribution in [-0.4, -0.2) is 15.8 Å². The zero-order valence-corrected chi connectivity index (χ0v) is 15.9. The molecule has 1 N–H and O–H groups in total. The Labute approximate surface area is 159 Å². The third-order valence-electron chi connectivity index (χ3n) is 3.88. The SMILES string of the molecule is CC(C)(C)c1ccc2nc(NC(=O)c3cc([N+](=O)[O-])ccc3Cl)sc2c1. The lowest BCUT2D eigenvalue weighted by atomic mass is 9.87. The minimum Gasteiger partial charge on any atom is -0.298 e. The summed E-state index contributed by atoms with van der Waals surface area (Å²) in [7, 11) is 0. The number of halogens is 1. The van der Waals surface area contributed by atoms with Crippen molar-refractivity contribution in [1.29, 1.82) is 0 Å². The van der Waals surface area contributed by atoms with Gasteiger partial charge in [-0.25, -0.2) is 4.98 Å². The Bertz CT molecular complexity index is 1020. The van der Waals surface area contributed by atoms with Gasteiger partial charge in [0.2, 0.25) is 0 Å². The molecule has 0 atom stereocenters. The molecule has 0 saturated carbocycles. The van der Waals surface area contributed by atoms with Crippen molar-refractivity contribution < 1.29 is 9.72 Å². The summed E-state index contributed by atoms with van der Waals surface area (Å²) >= 11 is 7.36. The number of anilines is 1. The molecule has 1 heterocycles. The lowest BCUT2D eigenvalue weighted by molar-refractivity contribution is -0.384. The molecular formula is C18H16ClN3O3S. The van der Waals surface area contributed by atoms with Gasteiger partial charge in [0, 0.05) is 12.1 Å². The van der Waals surface area contributed by atoms with Crippen LogP contribution in [0.25, 0.3) is 10.2 Å². The van der Waals surface area contributed by atoms with E-state index in [1.807, 2.05) is 12.1 Å². The smallest absolute Gasteiger partial charge is 0.270 e. The fraction of sp³-hybridized carbons (Fsp3) is 0.222. The highest BCUT2D eigenvalue weighted by atomic mass is 35.5. The first-order valence-corrected chi connectivity index (χ1v) is 9.01. The van der Waals surface area contributed by atoms with Crippen molar-refractivity contribution in [3.05, 3.63) is 62.7 Å². The number of nitrogens with one attached hydrogen (secondary N) is 1. The second kappa shape index (κ2) is 6.66. The van der Waals surface area contributed by atoms with Crippen LogP contribution < -0.4 is 5.32 Å². The summed E-state index contributed by atoms with van der Waals surface area (Å²) < 4.78 is 0.956. The normalized spacial score (nSPS) is 11.5. The molecule has 26 heavy (non-hydrogen) atoms. The second-order valence-corrected chi connectivity index (χ2v) is 8.26. The predicted octanol–water partition coefficient (Wildman–Crippen LogP) is 5.41. The van der Waals surface area contributed by atoms with E-state index < -0.39 is 10.8 Å².